The molecule has 2 aromatic rings. The lowest BCUT2D eigenvalue weighted by Gasteiger charge is -2.35. The molecule has 1 aliphatic rings. The third kappa shape index (κ3) is 2.69. The first-order valence-corrected chi connectivity index (χ1v) is 6.85. The van der Waals surface area contributed by atoms with E-state index in [1.807, 2.05) is 4.90 Å². The van der Waals surface area contributed by atoms with Gasteiger partial charge in [-0.2, -0.15) is 4.68 Å². The van der Waals surface area contributed by atoms with Gasteiger partial charge in [0.15, 0.2) is 0 Å². The standard InChI is InChI=1S/C13H15FN6O2/c1-17-13(15-12(16-17)20(21)22)19-8-6-18(7-9-19)11-4-2-10(14)3-5-11/h2-5H,6-9H2,1H3. The molecule has 0 atom stereocenters. The molecule has 0 N–H and O–H groups in total. The van der Waals surface area contributed by atoms with Crippen molar-refractivity contribution in [2.45, 2.75) is 0 Å². The molecule has 22 heavy (non-hydrogen) atoms. The Morgan fingerprint density at radius 2 is 1.73 bits per heavy atom. The molecule has 9 heteroatoms. The van der Waals surface area contributed by atoms with E-state index in [0.29, 0.717) is 19.0 Å². The minimum atomic E-state index is -0.599. The van der Waals surface area contributed by atoms with Gasteiger partial charge in [0.1, 0.15) is 5.82 Å². The molecule has 0 unspecified atom stereocenters. The van der Waals surface area contributed by atoms with Crippen LogP contribution in [-0.2, 0) is 7.05 Å². The molecule has 8 nitrogen and oxygen atoms in total. The summed E-state index contributed by atoms with van der Waals surface area (Å²) in [7, 11) is 1.64. The average Bonchev–Trinajstić information content (AvgIpc) is 2.91. The molecule has 2 heterocycles. The molecular formula is C13H15FN6O2. The summed E-state index contributed by atoms with van der Waals surface area (Å²) in [6.07, 6.45) is 0. The van der Waals surface area contributed by atoms with Crippen LogP contribution in [0.25, 0.3) is 0 Å². The molecule has 1 aromatic heterocycles. The van der Waals surface area contributed by atoms with E-state index in [-0.39, 0.29) is 5.82 Å². The van der Waals surface area contributed by atoms with Gasteiger partial charge in [0.2, 0.25) is 0 Å². The van der Waals surface area contributed by atoms with E-state index in [1.165, 1.54) is 16.8 Å². The maximum absolute atomic E-state index is 12.9. The van der Waals surface area contributed by atoms with Crippen molar-refractivity contribution in [2.75, 3.05) is 36.0 Å². The lowest BCUT2D eigenvalue weighted by molar-refractivity contribution is -0.394. The van der Waals surface area contributed by atoms with Crippen molar-refractivity contribution in [3.05, 3.63) is 40.2 Å². The zero-order chi connectivity index (χ0) is 15.7. The Hall–Kier alpha value is -2.71. The number of hydrogen-bond donors (Lipinski definition) is 0. The summed E-state index contributed by atoms with van der Waals surface area (Å²) < 4.78 is 14.4. The van der Waals surface area contributed by atoms with Gasteiger partial charge in [-0.15, -0.1) is 0 Å². The number of anilines is 2. The van der Waals surface area contributed by atoms with E-state index in [4.69, 9.17) is 0 Å². The fourth-order valence-electron chi connectivity index (χ4n) is 2.53. The first kappa shape index (κ1) is 14.2. The number of benzene rings is 1. The summed E-state index contributed by atoms with van der Waals surface area (Å²) in [6, 6.07) is 6.37. The topological polar surface area (TPSA) is 80.3 Å². The lowest BCUT2D eigenvalue weighted by atomic mass is 10.2. The van der Waals surface area contributed by atoms with Crippen LogP contribution >= 0.6 is 0 Å². The molecule has 0 amide bonds. The quantitative estimate of drug-likeness (QED) is 0.626. The molecule has 1 aliphatic heterocycles. The van der Waals surface area contributed by atoms with Crippen LogP contribution in [0.3, 0.4) is 0 Å². The molecule has 0 radical (unpaired) electrons. The second-order valence-electron chi connectivity index (χ2n) is 5.04. The van der Waals surface area contributed by atoms with Gasteiger partial charge in [0.25, 0.3) is 0 Å². The number of nitro groups is 1. The van der Waals surface area contributed by atoms with Crippen LogP contribution < -0.4 is 9.80 Å². The first-order valence-electron chi connectivity index (χ1n) is 6.85. The molecule has 116 valence electrons. The Morgan fingerprint density at radius 1 is 1.14 bits per heavy atom. The maximum atomic E-state index is 12.9. The molecule has 0 spiro atoms. The smallest absolute Gasteiger partial charge is 0.390 e. The predicted octanol–water partition coefficient (Wildman–Crippen LogP) is 1.19. The Labute approximate surface area is 125 Å². The second-order valence-corrected chi connectivity index (χ2v) is 5.04. The van der Waals surface area contributed by atoms with Gasteiger partial charge in [-0.1, -0.05) is 0 Å². The van der Waals surface area contributed by atoms with Crippen LogP contribution in [0.5, 0.6) is 0 Å². The van der Waals surface area contributed by atoms with Crippen molar-refractivity contribution in [3.63, 3.8) is 0 Å². The normalized spacial score (nSPS) is 15.2. The highest BCUT2D eigenvalue weighted by atomic mass is 19.1. The molecule has 0 saturated carbocycles. The largest absolute Gasteiger partial charge is 0.493 e. The number of hydrogen-bond acceptors (Lipinski definition) is 6. The number of aryl methyl sites for hydroxylation is 1. The Morgan fingerprint density at radius 3 is 2.27 bits per heavy atom. The van der Waals surface area contributed by atoms with Crippen LogP contribution in [0.15, 0.2) is 24.3 Å². The summed E-state index contributed by atoms with van der Waals surface area (Å²) in [5.74, 6) is -0.155. The van der Waals surface area contributed by atoms with Crippen LogP contribution in [0.4, 0.5) is 22.0 Å². The van der Waals surface area contributed by atoms with Crippen LogP contribution in [-0.4, -0.2) is 45.9 Å². The van der Waals surface area contributed by atoms with Crippen molar-refractivity contribution in [1.82, 2.24) is 14.8 Å². The lowest BCUT2D eigenvalue weighted by Crippen LogP contribution is -2.47. The van der Waals surface area contributed by atoms with Crippen LogP contribution in [0, 0.1) is 15.9 Å². The average molecular weight is 306 g/mol. The molecule has 1 fully saturated rings. The van der Waals surface area contributed by atoms with Gasteiger partial charge in [0.05, 0.1) is 0 Å². The van der Waals surface area contributed by atoms with Crippen molar-refractivity contribution < 1.29 is 9.31 Å². The minimum Gasteiger partial charge on any atom is -0.390 e. The number of rotatable bonds is 3. The van der Waals surface area contributed by atoms with Crippen molar-refractivity contribution in [3.8, 4) is 0 Å². The van der Waals surface area contributed by atoms with Crippen molar-refractivity contribution >= 4 is 17.6 Å². The Bertz CT molecular complexity index is 678. The number of piperazine rings is 1. The fourth-order valence-corrected chi connectivity index (χ4v) is 2.53. The summed E-state index contributed by atoms with van der Waals surface area (Å²) in [6.45, 7) is 2.79. The highest BCUT2D eigenvalue weighted by molar-refractivity contribution is 5.48. The Kier molecular flexibility index (Phi) is 3.61. The third-order valence-electron chi connectivity index (χ3n) is 3.65. The number of aromatic nitrogens is 3. The highest BCUT2D eigenvalue weighted by Gasteiger charge is 2.27. The number of nitrogens with zero attached hydrogens (tertiary/aromatic N) is 6. The van der Waals surface area contributed by atoms with E-state index in [2.05, 4.69) is 15.0 Å². The van der Waals surface area contributed by atoms with E-state index >= 15 is 0 Å². The predicted molar refractivity (Wildman–Crippen MR) is 78.5 cm³/mol. The maximum Gasteiger partial charge on any atom is 0.493 e. The third-order valence-corrected chi connectivity index (χ3v) is 3.65. The molecule has 0 bridgehead atoms. The summed E-state index contributed by atoms with van der Waals surface area (Å²) >= 11 is 0. The van der Waals surface area contributed by atoms with E-state index in [9.17, 15) is 14.5 Å². The SMILES string of the molecule is Cn1nc([N+](=O)[O-])nc1N1CCN(c2ccc(F)cc2)CC1. The zero-order valence-electron chi connectivity index (χ0n) is 12.0. The summed E-state index contributed by atoms with van der Waals surface area (Å²) in [4.78, 5) is 18.2. The van der Waals surface area contributed by atoms with Gasteiger partial charge in [-0.05, 0) is 34.2 Å². The van der Waals surface area contributed by atoms with Gasteiger partial charge in [-0.25, -0.2) is 4.39 Å². The second kappa shape index (κ2) is 5.58. The van der Waals surface area contributed by atoms with E-state index < -0.39 is 10.9 Å². The van der Waals surface area contributed by atoms with Gasteiger partial charge in [0, 0.05) is 44.0 Å². The first-order chi connectivity index (χ1) is 10.5. The molecular weight excluding hydrogens is 291 g/mol. The highest BCUT2D eigenvalue weighted by Crippen LogP contribution is 2.20. The van der Waals surface area contributed by atoms with Gasteiger partial charge >= 0.3 is 11.9 Å². The molecule has 1 aromatic carbocycles. The summed E-state index contributed by atoms with van der Waals surface area (Å²) in [5, 5.41) is 14.5. The van der Waals surface area contributed by atoms with Gasteiger partial charge < -0.3 is 19.9 Å². The van der Waals surface area contributed by atoms with Crippen LogP contribution in [0.2, 0.25) is 0 Å². The van der Waals surface area contributed by atoms with Crippen LogP contribution in [0.1, 0.15) is 0 Å². The zero-order valence-corrected chi connectivity index (χ0v) is 12.0. The van der Waals surface area contributed by atoms with E-state index in [0.717, 1.165) is 18.8 Å². The molecule has 3 rings (SSSR count). The Balaban J connectivity index is 1.69. The fraction of sp³-hybridized carbons (Fsp3) is 0.385. The van der Waals surface area contributed by atoms with E-state index in [1.54, 1.807) is 19.2 Å². The molecule has 1 saturated heterocycles. The monoisotopic (exact) mass is 306 g/mol. The van der Waals surface area contributed by atoms with Crippen molar-refractivity contribution in [2.24, 2.45) is 7.05 Å². The minimum absolute atomic E-state index is 0.256. The number of halogens is 1. The molecule has 0 aliphatic carbocycles. The summed E-state index contributed by atoms with van der Waals surface area (Å²) in [5.41, 5.74) is 0.963. The van der Waals surface area contributed by atoms with Crippen molar-refractivity contribution in [1.29, 1.82) is 0 Å². The van der Waals surface area contributed by atoms with Gasteiger partial charge in [-0.3, -0.25) is 0 Å².